The van der Waals surface area contributed by atoms with Crippen LogP contribution in [0, 0.1) is 0 Å². The molecule has 1 aromatic carbocycles. The molecule has 0 fully saturated rings. The summed E-state index contributed by atoms with van der Waals surface area (Å²) in [6.45, 7) is 4.44. The van der Waals surface area contributed by atoms with Crippen LogP contribution in [0.2, 0.25) is 0 Å². The second-order valence-corrected chi connectivity index (χ2v) is 3.76. The molecule has 0 saturated carbocycles. The van der Waals surface area contributed by atoms with E-state index < -0.39 is 0 Å². The molecule has 15 heavy (non-hydrogen) atoms. The van der Waals surface area contributed by atoms with Crippen molar-refractivity contribution in [3.05, 3.63) is 47.5 Å². The Morgan fingerprint density at radius 3 is 2.40 bits per heavy atom. The first-order valence-corrected chi connectivity index (χ1v) is 5.67. The Labute approximate surface area is 92.5 Å². The molecule has 1 unspecified atom stereocenters. The van der Waals surface area contributed by atoms with Crippen LogP contribution in [0.15, 0.2) is 42.0 Å². The highest BCUT2D eigenvalue weighted by Crippen LogP contribution is 2.22. The number of rotatable bonds is 5. The maximum atomic E-state index is 9.15. The molecule has 1 rings (SSSR count). The van der Waals surface area contributed by atoms with E-state index in [1.54, 1.807) is 0 Å². The van der Waals surface area contributed by atoms with Crippen LogP contribution in [0.1, 0.15) is 38.2 Å². The Morgan fingerprint density at radius 1 is 1.27 bits per heavy atom. The molecule has 1 heteroatoms. The Balaban J connectivity index is 2.85. The summed E-state index contributed by atoms with van der Waals surface area (Å²) in [4.78, 5) is 0. The third-order valence-electron chi connectivity index (χ3n) is 2.76. The number of hydrogen-bond acceptors (Lipinski definition) is 1. The fraction of sp³-hybridized carbons (Fsp3) is 0.429. The van der Waals surface area contributed by atoms with Crippen LogP contribution < -0.4 is 0 Å². The van der Waals surface area contributed by atoms with Crippen LogP contribution in [0.5, 0.6) is 0 Å². The average Bonchev–Trinajstić information content (AvgIpc) is 2.32. The molecule has 1 N–H and O–H groups in total. The predicted molar refractivity (Wildman–Crippen MR) is 64.9 cm³/mol. The van der Waals surface area contributed by atoms with E-state index in [1.165, 1.54) is 5.56 Å². The highest BCUT2D eigenvalue weighted by Gasteiger charge is 2.06. The molecule has 1 atom stereocenters. The van der Waals surface area contributed by atoms with Gasteiger partial charge in [0.15, 0.2) is 0 Å². The van der Waals surface area contributed by atoms with E-state index in [0.29, 0.717) is 5.92 Å². The number of hydrogen-bond donors (Lipinski definition) is 1. The van der Waals surface area contributed by atoms with Gasteiger partial charge < -0.3 is 5.11 Å². The Hall–Kier alpha value is -1.08. The van der Waals surface area contributed by atoms with E-state index in [4.69, 9.17) is 5.11 Å². The van der Waals surface area contributed by atoms with Gasteiger partial charge >= 0.3 is 0 Å². The third kappa shape index (κ3) is 3.52. The first-order valence-electron chi connectivity index (χ1n) is 5.67. The van der Waals surface area contributed by atoms with Crippen molar-refractivity contribution in [3.8, 4) is 0 Å². The summed E-state index contributed by atoms with van der Waals surface area (Å²) in [5.74, 6) is 0.438. The van der Waals surface area contributed by atoms with Gasteiger partial charge in [-0.05, 0) is 24.0 Å². The van der Waals surface area contributed by atoms with Gasteiger partial charge in [-0.3, -0.25) is 0 Å². The molecule has 0 saturated heterocycles. The summed E-state index contributed by atoms with van der Waals surface area (Å²) in [5, 5.41) is 9.15. The van der Waals surface area contributed by atoms with Crippen molar-refractivity contribution in [2.75, 3.05) is 6.61 Å². The van der Waals surface area contributed by atoms with Gasteiger partial charge in [0.1, 0.15) is 0 Å². The van der Waals surface area contributed by atoms with Gasteiger partial charge in [0.2, 0.25) is 0 Å². The number of benzene rings is 1. The first kappa shape index (κ1) is 12.0. The summed E-state index contributed by atoms with van der Waals surface area (Å²) in [6, 6.07) is 10.5. The minimum absolute atomic E-state index is 0.180. The van der Waals surface area contributed by atoms with E-state index in [2.05, 4.69) is 44.2 Å². The maximum Gasteiger partial charge on any atom is 0.0641 e. The third-order valence-corrected chi connectivity index (χ3v) is 2.76. The molecule has 82 valence electrons. The van der Waals surface area contributed by atoms with Crippen LogP contribution in [0.25, 0.3) is 0 Å². The lowest BCUT2D eigenvalue weighted by atomic mass is 9.94. The Morgan fingerprint density at radius 2 is 1.93 bits per heavy atom. The van der Waals surface area contributed by atoms with Crippen molar-refractivity contribution in [2.24, 2.45) is 0 Å². The van der Waals surface area contributed by atoms with Gasteiger partial charge in [-0.2, -0.15) is 0 Å². The van der Waals surface area contributed by atoms with Crippen LogP contribution in [-0.4, -0.2) is 11.7 Å². The van der Waals surface area contributed by atoms with Crippen molar-refractivity contribution in [2.45, 2.75) is 32.6 Å². The molecule has 0 heterocycles. The molecule has 0 aromatic heterocycles. The molecule has 0 aliphatic carbocycles. The standard InChI is InChI=1S/C14H20O/c1-3-12(11-15)10-13(4-2)14-8-6-5-7-9-14/h5-10,13,15H,3-4,11H2,1-2H3. The molecule has 1 aromatic rings. The van der Waals surface area contributed by atoms with Crippen molar-refractivity contribution < 1.29 is 5.11 Å². The first-order chi connectivity index (χ1) is 7.31. The highest BCUT2D eigenvalue weighted by atomic mass is 16.3. The monoisotopic (exact) mass is 204 g/mol. The van der Waals surface area contributed by atoms with Gasteiger partial charge in [0.05, 0.1) is 6.61 Å². The molecule has 0 bridgehead atoms. The molecule has 0 amide bonds. The summed E-state index contributed by atoms with van der Waals surface area (Å²) < 4.78 is 0. The van der Waals surface area contributed by atoms with E-state index >= 15 is 0 Å². The van der Waals surface area contributed by atoms with Crippen LogP contribution in [0.4, 0.5) is 0 Å². The minimum Gasteiger partial charge on any atom is -0.392 e. The van der Waals surface area contributed by atoms with Crippen LogP contribution in [0.3, 0.4) is 0 Å². The fourth-order valence-electron chi connectivity index (χ4n) is 1.72. The van der Waals surface area contributed by atoms with Gasteiger partial charge in [0, 0.05) is 5.92 Å². The van der Waals surface area contributed by atoms with Gasteiger partial charge in [0.25, 0.3) is 0 Å². The van der Waals surface area contributed by atoms with E-state index in [-0.39, 0.29) is 6.61 Å². The van der Waals surface area contributed by atoms with Crippen molar-refractivity contribution in [1.82, 2.24) is 0 Å². The van der Waals surface area contributed by atoms with Gasteiger partial charge in [-0.15, -0.1) is 0 Å². The second-order valence-electron chi connectivity index (χ2n) is 3.76. The molecular weight excluding hydrogens is 184 g/mol. The molecular formula is C14H20O. The molecule has 1 nitrogen and oxygen atoms in total. The lowest BCUT2D eigenvalue weighted by molar-refractivity contribution is 0.326. The quantitative estimate of drug-likeness (QED) is 0.728. The highest BCUT2D eigenvalue weighted by molar-refractivity contribution is 5.25. The normalized spacial score (nSPS) is 13.9. The Kier molecular flexibility index (Phi) is 5.13. The summed E-state index contributed by atoms with van der Waals surface area (Å²) >= 11 is 0. The molecule has 0 aliphatic heterocycles. The smallest absolute Gasteiger partial charge is 0.0641 e. The molecule has 0 spiro atoms. The SMILES string of the molecule is CCC(=CC(CC)c1ccccc1)CO. The predicted octanol–water partition coefficient (Wildman–Crippen LogP) is 3.51. The maximum absolute atomic E-state index is 9.15. The van der Waals surface area contributed by atoms with Gasteiger partial charge in [-0.1, -0.05) is 50.3 Å². The lowest BCUT2D eigenvalue weighted by Crippen LogP contribution is -1.97. The van der Waals surface area contributed by atoms with Gasteiger partial charge in [-0.25, -0.2) is 0 Å². The number of aliphatic hydroxyl groups is 1. The fourth-order valence-corrected chi connectivity index (χ4v) is 1.72. The van der Waals surface area contributed by atoms with Crippen molar-refractivity contribution in [3.63, 3.8) is 0 Å². The zero-order valence-electron chi connectivity index (χ0n) is 9.61. The Bertz CT molecular complexity index is 294. The van der Waals surface area contributed by atoms with E-state index in [0.717, 1.165) is 18.4 Å². The summed E-state index contributed by atoms with van der Waals surface area (Å²) in [7, 11) is 0. The zero-order chi connectivity index (χ0) is 11.1. The van der Waals surface area contributed by atoms with Crippen LogP contribution in [-0.2, 0) is 0 Å². The zero-order valence-corrected chi connectivity index (χ0v) is 9.61. The number of allylic oxidation sites excluding steroid dienone is 1. The van der Waals surface area contributed by atoms with E-state index in [1.807, 2.05) is 6.07 Å². The minimum atomic E-state index is 0.180. The summed E-state index contributed by atoms with van der Waals surface area (Å²) in [6.07, 6.45) is 4.21. The molecule has 0 radical (unpaired) electrons. The topological polar surface area (TPSA) is 20.2 Å². The van der Waals surface area contributed by atoms with Crippen LogP contribution >= 0.6 is 0 Å². The molecule has 0 aliphatic rings. The summed E-state index contributed by atoms with van der Waals surface area (Å²) in [5.41, 5.74) is 2.46. The average molecular weight is 204 g/mol. The largest absolute Gasteiger partial charge is 0.392 e. The van der Waals surface area contributed by atoms with Crippen molar-refractivity contribution in [1.29, 1.82) is 0 Å². The number of aliphatic hydroxyl groups excluding tert-OH is 1. The lowest BCUT2D eigenvalue weighted by Gasteiger charge is -2.12. The van der Waals surface area contributed by atoms with E-state index in [9.17, 15) is 0 Å². The van der Waals surface area contributed by atoms with Crippen molar-refractivity contribution >= 4 is 0 Å². The second kappa shape index (κ2) is 6.41.